The summed E-state index contributed by atoms with van der Waals surface area (Å²) in [6, 6.07) is 5.03. The second-order valence-corrected chi connectivity index (χ2v) is 6.37. The summed E-state index contributed by atoms with van der Waals surface area (Å²) in [5, 5.41) is 9.37. The van der Waals surface area contributed by atoms with E-state index in [0.29, 0.717) is 22.9 Å². The van der Waals surface area contributed by atoms with Crippen molar-refractivity contribution in [2.45, 2.75) is 19.4 Å². The maximum atomic E-state index is 12.6. The molecule has 1 N–H and O–H groups in total. The lowest BCUT2D eigenvalue weighted by molar-refractivity contribution is -0.138. The Hall–Kier alpha value is -1.20. The first-order valence-electron chi connectivity index (χ1n) is 6.35. The van der Waals surface area contributed by atoms with E-state index in [1.54, 1.807) is 28.8 Å². The third-order valence-corrected chi connectivity index (χ3v) is 4.66. The molecule has 1 saturated heterocycles. The van der Waals surface area contributed by atoms with Crippen LogP contribution in [0.4, 0.5) is 0 Å². The number of aliphatic carboxylic acids is 1. The third kappa shape index (κ3) is 3.46. The molecule has 2 rings (SSSR count). The lowest BCUT2D eigenvalue weighted by Gasteiger charge is -2.34. The van der Waals surface area contributed by atoms with Crippen LogP contribution in [0.1, 0.15) is 22.3 Å². The van der Waals surface area contributed by atoms with Gasteiger partial charge in [0, 0.05) is 18.1 Å². The van der Waals surface area contributed by atoms with Gasteiger partial charge in [0.25, 0.3) is 5.91 Å². The number of hydrogen-bond donors (Lipinski definition) is 1. The highest BCUT2D eigenvalue weighted by molar-refractivity contribution is 7.99. The maximum absolute atomic E-state index is 12.6. The van der Waals surface area contributed by atoms with E-state index in [-0.39, 0.29) is 18.4 Å². The fourth-order valence-corrected chi connectivity index (χ4v) is 3.62. The van der Waals surface area contributed by atoms with Gasteiger partial charge in [-0.25, -0.2) is 0 Å². The molecule has 0 radical (unpaired) electrons. The Bertz CT molecular complexity index is 535. The van der Waals surface area contributed by atoms with Gasteiger partial charge >= 0.3 is 5.97 Å². The minimum Gasteiger partial charge on any atom is -0.481 e. The number of carboxylic acids is 1. The number of halogens is 1. The molecule has 0 saturated carbocycles. The van der Waals surface area contributed by atoms with Crippen LogP contribution in [0.15, 0.2) is 18.2 Å². The molecule has 1 fully saturated rings. The van der Waals surface area contributed by atoms with Crippen LogP contribution in [-0.4, -0.2) is 46.0 Å². The van der Waals surface area contributed by atoms with Gasteiger partial charge in [-0.2, -0.15) is 11.8 Å². The second-order valence-electron chi connectivity index (χ2n) is 4.81. The quantitative estimate of drug-likeness (QED) is 0.932. The average molecular weight is 314 g/mol. The van der Waals surface area contributed by atoms with Crippen molar-refractivity contribution in [1.82, 2.24) is 4.90 Å². The van der Waals surface area contributed by atoms with Crippen molar-refractivity contribution in [1.29, 1.82) is 0 Å². The van der Waals surface area contributed by atoms with E-state index in [1.807, 2.05) is 13.0 Å². The van der Waals surface area contributed by atoms with Crippen molar-refractivity contribution in [3.63, 3.8) is 0 Å². The SMILES string of the molecule is Cc1ccc(C(=O)N2CCSCC2CC(=O)O)c(Cl)c1. The minimum atomic E-state index is -0.884. The molecule has 0 spiro atoms. The molecule has 20 heavy (non-hydrogen) atoms. The summed E-state index contributed by atoms with van der Waals surface area (Å²) in [7, 11) is 0. The zero-order valence-electron chi connectivity index (χ0n) is 11.1. The van der Waals surface area contributed by atoms with E-state index in [4.69, 9.17) is 16.7 Å². The fraction of sp³-hybridized carbons (Fsp3) is 0.429. The number of amides is 1. The summed E-state index contributed by atoms with van der Waals surface area (Å²) < 4.78 is 0. The van der Waals surface area contributed by atoms with Gasteiger partial charge in [0.1, 0.15) is 0 Å². The molecule has 1 unspecified atom stereocenters. The topological polar surface area (TPSA) is 57.6 Å². The summed E-state index contributed by atoms with van der Waals surface area (Å²) in [5.41, 5.74) is 1.43. The van der Waals surface area contributed by atoms with Crippen LogP contribution in [0, 0.1) is 6.92 Å². The number of carbonyl (C=O) groups is 2. The van der Waals surface area contributed by atoms with Crippen molar-refractivity contribution in [3.05, 3.63) is 34.3 Å². The van der Waals surface area contributed by atoms with Gasteiger partial charge < -0.3 is 10.0 Å². The molecule has 1 aromatic rings. The zero-order valence-corrected chi connectivity index (χ0v) is 12.7. The molecule has 1 amide bonds. The second kappa shape index (κ2) is 6.50. The van der Waals surface area contributed by atoms with Gasteiger partial charge in [-0.1, -0.05) is 17.7 Å². The number of carboxylic acid groups (broad SMARTS) is 1. The van der Waals surface area contributed by atoms with Crippen LogP contribution in [0.5, 0.6) is 0 Å². The van der Waals surface area contributed by atoms with E-state index >= 15 is 0 Å². The van der Waals surface area contributed by atoms with Crippen LogP contribution in [-0.2, 0) is 4.79 Å². The number of rotatable bonds is 3. The molecule has 1 aliphatic heterocycles. The summed E-state index contributed by atoms with van der Waals surface area (Å²) in [4.78, 5) is 25.1. The standard InChI is InChI=1S/C14H16ClNO3S/c1-9-2-3-11(12(15)6-9)14(19)16-4-5-20-8-10(16)7-13(17)18/h2-3,6,10H,4-5,7-8H2,1H3,(H,17,18). The van der Waals surface area contributed by atoms with Crippen molar-refractivity contribution in [2.24, 2.45) is 0 Å². The number of carbonyl (C=O) groups excluding carboxylic acids is 1. The molecule has 1 atom stereocenters. The van der Waals surface area contributed by atoms with Gasteiger partial charge in [0.2, 0.25) is 0 Å². The van der Waals surface area contributed by atoms with Crippen LogP contribution < -0.4 is 0 Å². The van der Waals surface area contributed by atoms with Crippen molar-refractivity contribution in [3.8, 4) is 0 Å². The van der Waals surface area contributed by atoms with Crippen molar-refractivity contribution in [2.75, 3.05) is 18.1 Å². The van der Waals surface area contributed by atoms with Gasteiger partial charge in [-0.3, -0.25) is 9.59 Å². The number of benzene rings is 1. The minimum absolute atomic E-state index is 0.0256. The molecule has 6 heteroatoms. The highest BCUT2D eigenvalue weighted by atomic mass is 35.5. The van der Waals surface area contributed by atoms with E-state index in [9.17, 15) is 9.59 Å². The highest BCUT2D eigenvalue weighted by Crippen LogP contribution is 2.25. The van der Waals surface area contributed by atoms with Gasteiger partial charge in [0.05, 0.1) is 23.0 Å². The van der Waals surface area contributed by atoms with E-state index in [0.717, 1.165) is 11.3 Å². The molecule has 0 aliphatic carbocycles. The first kappa shape index (κ1) is 15.2. The summed E-state index contributed by atoms with van der Waals surface area (Å²) in [5.74, 6) is 0.416. The molecule has 4 nitrogen and oxygen atoms in total. The van der Waals surface area contributed by atoms with E-state index < -0.39 is 5.97 Å². The van der Waals surface area contributed by atoms with Gasteiger partial charge in [-0.05, 0) is 24.6 Å². The Kier molecular flexibility index (Phi) is 4.94. The van der Waals surface area contributed by atoms with Crippen molar-refractivity contribution < 1.29 is 14.7 Å². The van der Waals surface area contributed by atoms with E-state index in [2.05, 4.69) is 0 Å². The first-order valence-corrected chi connectivity index (χ1v) is 7.89. The van der Waals surface area contributed by atoms with Crippen LogP contribution >= 0.6 is 23.4 Å². The van der Waals surface area contributed by atoms with E-state index in [1.165, 1.54) is 0 Å². The molecular formula is C14H16ClNO3S. The monoisotopic (exact) mass is 313 g/mol. The Morgan fingerprint density at radius 3 is 2.90 bits per heavy atom. The molecule has 1 aromatic carbocycles. The summed E-state index contributed by atoms with van der Waals surface area (Å²) >= 11 is 7.81. The molecule has 1 aliphatic rings. The largest absolute Gasteiger partial charge is 0.481 e. The summed E-state index contributed by atoms with van der Waals surface area (Å²) in [6.07, 6.45) is -0.0256. The Labute approximate surface area is 127 Å². The van der Waals surface area contributed by atoms with Gasteiger partial charge in [-0.15, -0.1) is 0 Å². The highest BCUT2D eigenvalue weighted by Gasteiger charge is 2.30. The predicted molar refractivity (Wildman–Crippen MR) is 80.6 cm³/mol. The van der Waals surface area contributed by atoms with Crippen LogP contribution in [0.25, 0.3) is 0 Å². The van der Waals surface area contributed by atoms with Crippen molar-refractivity contribution >= 4 is 35.2 Å². The zero-order chi connectivity index (χ0) is 14.7. The Morgan fingerprint density at radius 2 is 2.25 bits per heavy atom. The number of aryl methyl sites for hydroxylation is 1. The van der Waals surface area contributed by atoms with Crippen LogP contribution in [0.2, 0.25) is 5.02 Å². The fourth-order valence-electron chi connectivity index (χ4n) is 2.24. The Balaban J connectivity index is 2.22. The molecule has 0 bridgehead atoms. The van der Waals surface area contributed by atoms with Crippen LogP contribution in [0.3, 0.4) is 0 Å². The first-order chi connectivity index (χ1) is 9.49. The molecule has 0 aromatic heterocycles. The normalized spacial score (nSPS) is 18.9. The maximum Gasteiger partial charge on any atom is 0.305 e. The molecule has 1 heterocycles. The Morgan fingerprint density at radius 1 is 1.50 bits per heavy atom. The molecular weight excluding hydrogens is 298 g/mol. The molecule has 108 valence electrons. The number of thioether (sulfide) groups is 1. The number of hydrogen-bond acceptors (Lipinski definition) is 3. The lowest BCUT2D eigenvalue weighted by atomic mass is 10.1. The lowest BCUT2D eigenvalue weighted by Crippen LogP contribution is -2.47. The number of nitrogens with zero attached hydrogens (tertiary/aromatic N) is 1. The average Bonchev–Trinajstić information content (AvgIpc) is 2.38. The third-order valence-electron chi connectivity index (χ3n) is 3.25. The summed E-state index contributed by atoms with van der Waals surface area (Å²) in [6.45, 7) is 2.47. The smallest absolute Gasteiger partial charge is 0.305 e. The van der Waals surface area contributed by atoms with Gasteiger partial charge in [0.15, 0.2) is 0 Å². The predicted octanol–water partition coefficient (Wildman–Crippen LogP) is 2.68.